The summed E-state index contributed by atoms with van der Waals surface area (Å²) in [6.07, 6.45) is 1.48. The van der Waals surface area contributed by atoms with Crippen LogP contribution in [0.25, 0.3) is 0 Å². The second-order valence-corrected chi connectivity index (χ2v) is 5.72. The van der Waals surface area contributed by atoms with E-state index in [0.29, 0.717) is 42.5 Å². The summed E-state index contributed by atoms with van der Waals surface area (Å²) in [7, 11) is 4.49. The number of methoxy groups -OCH3 is 3. The Morgan fingerprint density at radius 2 is 1.84 bits per heavy atom. The SMILES string of the molecule is CCOC(=O)C1CCCN(C(=O)c2ccc(OC)c(OC)c2OC)C1. The van der Waals surface area contributed by atoms with Crippen molar-refractivity contribution in [2.75, 3.05) is 41.0 Å². The van der Waals surface area contributed by atoms with E-state index in [0.717, 1.165) is 12.8 Å². The van der Waals surface area contributed by atoms with E-state index >= 15 is 0 Å². The number of likely N-dealkylation sites (tertiary alicyclic amines) is 1. The van der Waals surface area contributed by atoms with Crippen LogP contribution in [-0.4, -0.2) is 57.8 Å². The minimum atomic E-state index is -0.288. The molecule has 0 aromatic heterocycles. The van der Waals surface area contributed by atoms with Crippen molar-refractivity contribution >= 4 is 11.9 Å². The molecule has 0 radical (unpaired) electrons. The van der Waals surface area contributed by atoms with Gasteiger partial charge < -0.3 is 23.8 Å². The first-order chi connectivity index (χ1) is 12.1. The van der Waals surface area contributed by atoms with Crippen molar-refractivity contribution in [3.63, 3.8) is 0 Å². The summed E-state index contributed by atoms with van der Waals surface area (Å²) in [6.45, 7) is 3.05. The number of nitrogens with zero attached hydrogens (tertiary/aromatic N) is 1. The molecule has 2 rings (SSSR count). The maximum Gasteiger partial charge on any atom is 0.310 e. The van der Waals surface area contributed by atoms with E-state index in [1.54, 1.807) is 24.0 Å². The van der Waals surface area contributed by atoms with E-state index in [2.05, 4.69) is 0 Å². The van der Waals surface area contributed by atoms with Gasteiger partial charge in [-0.25, -0.2) is 0 Å². The number of esters is 1. The summed E-state index contributed by atoms with van der Waals surface area (Å²) in [6, 6.07) is 3.32. The van der Waals surface area contributed by atoms with E-state index in [-0.39, 0.29) is 17.8 Å². The molecule has 1 aliphatic heterocycles. The minimum Gasteiger partial charge on any atom is -0.493 e. The number of amides is 1. The van der Waals surface area contributed by atoms with E-state index in [9.17, 15) is 9.59 Å². The molecule has 0 N–H and O–H groups in total. The monoisotopic (exact) mass is 351 g/mol. The van der Waals surface area contributed by atoms with Gasteiger partial charge in [-0.2, -0.15) is 0 Å². The Kier molecular flexibility index (Phi) is 6.50. The fourth-order valence-corrected chi connectivity index (χ4v) is 3.05. The lowest BCUT2D eigenvalue weighted by Crippen LogP contribution is -2.43. The van der Waals surface area contributed by atoms with Gasteiger partial charge in [-0.3, -0.25) is 9.59 Å². The van der Waals surface area contributed by atoms with Crippen LogP contribution in [0.15, 0.2) is 12.1 Å². The quantitative estimate of drug-likeness (QED) is 0.731. The van der Waals surface area contributed by atoms with Gasteiger partial charge in [0.25, 0.3) is 5.91 Å². The van der Waals surface area contributed by atoms with Crippen LogP contribution in [0, 0.1) is 5.92 Å². The molecule has 138 valence electrons. The van der Waals surface area contributed by atoms with Gasteiger partial charge in [0.15, 0.2) is 11.5 Å². The number of hydrogen-bond donors (Lipinski definition) is 0. The molecule has 1 aliphatic rings. The predicted molar refractivity (Wildman–Crippen MR) is 91.4 cm³/mol. The third kappa shape index (κ3) is 3.97. The molecule has 1 atom stereocenters. The lowest BCUT2D eigenvalue weighted by Gasteiger charge is -2.32. The van der Waals surface area contributed by atoms with Crippen LogP contribution in [0.4, 0.5) is 0 Å². The van der Waals surface area contributed by atoms with E-state index in [4.69, 9.17) is 18.9 Å². The zero-order valence-corrected chi connectivity index (χ0v) is 15.2. The smallest absolute Gasteiger partial charge is 0.310 e. The van der Waals surface area contributed by atoms with Crippen LogP contribution in [0.3, 0.4) is 0 Å². The largest absolute Gasteiger partial charge is 0.493 e. The number of benzene rings is 1. The molecule has 0 saturated carbocycles. The van der Waals surface area contributed by atoms with Crippen molar-refractivity contribution < 1.29 is 28.5 Å². The van der Waals surface area contributed by atoms with Crippen molar-refractivity contribution in [2.24, 2.45) is 5.92 Å². The third-order valence-corrected chi connectivity index (χ3v) is 4.26. The average molecular weight is 351 g/mol. The van der Waals surface area contributed by atoms with Crippen LogP contribution in [0.5, 0.6) is 17.2 Å². The van der Waals surface area contributed by atoms with Crippen molar-refractivity contribution in [3.05, 3.63) is 17.7 Å². The Hall–Kier alpha value is -2.44. The maximum absolute atomic E-state index is 13.0. The van der Waals surface area contributed by atoms with Crippen molar-refractivity contribution in [1.29, 1.82) is 0 Å². The second kappa shape index (κ2) is 8.60. The van der Waals surface area contributed by atoms with E-state index in [1.807, 2.05) is 0 Å². The first-order valence-corrected chi connectivity index (χ1v) is 8.32. The molecule has 0 aliphatic carbocycles. The number of carbonyl (C=O) groups excluding carboxylic acids is 2. The van der Waals surface area contributed by atoms with Gasteiger partial charge in [-0.1, -0.05) is 0 Å². The topological polar surface area (TPSA) is 74.3 Å². The maximum atomic E-state index is 13.0. The second-order valence-electron chi connectivity index (χ2n) is 5.72. The Balaban J connectivity index is 2.26. The molecule has 1 amide bonds. The number of rotatable bonds is 6. The van der Waals surface area contributed by atoms with E-state index < -0.39 is 0 Å². The Bertz CT molecular complexity index is 630. The normalized spacial score (nSPS) is 17.0. The highest BCUT2D eigenvalue weighted by molar-refractivity contribution is 5.98. The number of hydrogen-bond acceptors (Lipinski definition) is 6. The van der Waals surface area contributed by atoms with Gasteiger partial charge in [0, 0.05) is 13.1 Å². The predicted octanol–water partition coefficient (Wildman–Crippen LogP) is 2.13. The van der Waals surface area contributed by atoms with Crippen LogP contribution in [-0.2, 0) is 9.53 Å². The van der Waals surface area contributed by atoms with Crippen LogP contribution >= 0.6 is 0 Å². The zero-order valence-electron chi connectivity index (χ0n) is 15.2. The fraction of sp³-hybridized carbons (Fsp3) is 0.556. The molecule has 1 aromatic rings. The first kappa shape index (κ1) is 18.9. The van der Waals surface area contributed by atoms with Gasteiger partial charge in [0.1, 0.15) is 0 Å². The molecule has 1 saturated heterocycles. The summed E-state index contributed by atoms with van der Waals surface area (Å²) < 4.78 is 21.1. The van der Waals surface area contributed by atoms with Gasteiger partial charge in [-0.15, -0.1) is 0 Å². The van der Waals surface area contributed by atoms with Crippen molar-refractivity contribution in [2.45, 2.75) is 19.8 Å². The van der Waals surface area contributed by atoms with E-state index in [1.165, 1.54) is 21.3 Å². The highest BCUT2D eigenvalue weighted by Gasteiger charge is 2.32. The minimum absolute atomic E-state index is 0.202. The van der Waals surface area contributed by atoms with Crippen LogP contribution < -0.4 is 14.2 Å². The highest BCUT2D eigenvalue weighted by Crippen LogP contribution is 2.40. The van der Waals surface area contributed by atoms with Crippen molar-refractivity contribution in [3.8, 4) is 17.2 Å². The molecule has 1 unspecified atom stereocenters. The molecule has 25 heavy (non-hydrogen) atoms. The number of piperidine rings is 1. The summed E-state index contributed by atoms with van der Waals surface area (Å²) in [5.41, 5.74) is 0.379. The summed E-state index contributed by atoms with van der Waals surface area (Å²) in [4.78, 5) is 26.6. The summed E-state index contributed by atoms with van der Waals surface area (Å²) >= 11 is 0. The lowest BCUT2D eigenvalue weighted by molar-refractivity contribution is -0.149. The molecular weight excluding hydrogens is 326 g/mol. The molecule has 7 nitrogen and oxygen atoms in total. The zero-order chi connectivity index (χ0) is 18.4. The van der Waals surface area contributed by atoms with Crippen molar-refractivity contribution in [1.82, 2.24) is 4.90 Å². The van der Waals surface area contributed by atoms with Gasteiger partial charge in [-0.05, 0) is 31.9 Å². The Morgan fingerprint density at radius 1 is 1.12 bits per heavy atom. The molecule has 0 bridgehead atoms. The molecule has 0 spiro atoms. The van der Waals surface area contributed by atoms with Gasteiger partial charge in [0.05, 0.1) is 39.4 Å². The van der Waals surface area contributed by atoms with Gasteiger partial charge in [0.2, 0.25) is 5.75 Å². The lowest BCUT2D eigenvalue weighted by atomic mass is 9.97. The van der Waals surface area contributed by atoms with Crippen LogP contribution in [0.2, 0.25) is 0 Å². The molecule has 7 heteroatoms. The molecule has 1 aromatic carbocycles. The summed E-state index contributed by atoms with van der Waals surface area (Å²) in [5.74, 6) is 0.439. The molecule has 1 heterocycles. The Labute approximate surface area is 147 Å². The van der Waals surface area contributed by atoms with Gasteiger partial charge >= 0.3 is 5.97 Å². The van der Waals surface area contributed by atoms with Crippen LogP contribution in [0.1, 0.15) is 30.1 Å². The fourth-order valence-electron chi connectivity index (χ4n) is 3.05. The number of carbonyl (C=O) groups is 2. The molecule has 1 fully saturated rings. The summed E-state index contributed by atoms with van der Waals surface area (Å²) in [5, 5.41) is 0. The average Bonchev–Trinajstić information content (AvgIpc) is 2.66. The highest BCUT2D eigenvalue weighted by atomic mass is 16.5. The molecular formula is C18H25NO6. The number of ether oxygens (including phenoxy) is 4. The third-order valence-electron chi connectivity index (χ3n) is 4.26. The first-order valence-electron chi connectivity index (χ1n) is 8.32. The standard InChI is InChI=1S/C18H25NO6/c1-5-25-18(21)12-7-6-10-19(11-12)17(20)13-8-9-14(22-2)16(24-4)15(13)23-3/h8-9,12H,5-7,10-11H2,1-4H3. The Morgan fingerprint density at radius 3 is 2.44 bits per heavy atom.